The van der Waals surface area contributed by atoms with Gasteiger partial charge in [0.15, 0.2) is 15.7 Å². The van der Waals surface area contributed by atoms with Crippen molar-refractivity contribution in [2.45, 2.75) is 56.5 Å². The molecule has 6 aromatic rings. The molecule has 10 rings (SSSR count). The van der Waals surface area contributed by atoms with Gasteiger partial charge >= 0.3 is 0 Å². The van der Waals surface area contributed by atoms with Crippen LogP contribution in [0, 0.1) is 19.8 Å². The summed E-state index contributed by atoms with van der Waals surface area (Å²) in [6.07, 6.45) is 6.98. The van der Waals surface area contributed by atoms with Crippen molar-refractivity contribution in [3.63, 3.8) is 0 Å². The minimum atomic E-state index is -3.05. The molecule has 7 heterocycles. The molecule has 2 fully saturated rings. The van der Waals surface area contributed by atoms with Gasteiger partial charge in [0.25, 0.3) is 11.8 Å². The molecule has 59 heavy (non-hydrogen) atoms. The predicted molar refractivity (Wildman–Crippen MR) is 223 cm³/mol. The summed E-state index contributed by atoms with van der Waals surface area (Å²) in [5, 5.41) is 5.31. The summed E-state index contributed by atoms with van der Waals surface area (Å²) in [5.74, 6) is -0.0194. The van der Waals surface area contributed by atoms with Gasteiger partial charge in [-0.1, -0.05) is 30.7 Å². The maximum atomic E-state index is 13.8. The number of H-pyrrole nitrogens is 2. The standard InChI is InChI=1S/C20H21N5O3S.C16H13FN4O.C5H10O2S/c1-11-19(25-9-12(10-25)29(2,27)28)24-18-13(4-3-5-16(18)22-11)17-8-14-15(23-17)6-7-21-20(14)26;1-8-15(17)21-14-9(3-2-4-12(14)19-8)13-7-10-11(20-13)5-6-18-16(10)22;1-8(6,7)5-3-2-4-5/h3-5,8,12,23H,6-7,9-10H2,1-2H3,(H,21,26);2-4,7,20H,5-6H2,1H3,(H,18,22);5H,2-4H2,1H3. The minimum absolute atomic E-state index is 0.00231. The summed E-state index contributed by atoms with van der Waals surface area (Å²) in [5.41, 5.74) is 10.0. The summed E-state index contributed by atoms with van der Waals surface area (Å²) < 4.78 is 58.5. The molecule has 1 saturated heterocycles. The second-order valence-corrected chi connectivity index (χ2v) is 20.1. The van der Waals surface area contributed by atoms with Crippen LogP contribution in [0.2, 0.25) is 0 Å². The zero-order chi connectivity index (χ0) is 41.8. The lowest BCUT2D eigenvalue weighted by Crippen LogP contribution is -2.55. The van der Waals surface area contributed by atoms with E-state index < -0.39 is 25.6 Å². The molecule has 4 aliphatic rings. The van der Waals surface area contributed by atoms with Crippen molar-refractivity contribution >= 4 is 59.4 Å². The number of anilines is 1. The fourth-order valence-electron chi connectivity index (χ4n) is 7.59. The van der Waals surface area contributed by atoms with Gasteiger partial charge in [-0.15, -0.1) is 0 Å². The van der Waals surface area contributed by atoms with E-state index in [-0.39, 0.29) is 28.0 Å². The maximum absolute atomic E-state index is 13.8. The first-order valence-corrected chi connectivity index (χ1v) is 23.3. The number of aromatic amines is 2. The Labute approximate surface area is 340 Å². The third kappa shape index (κ3) is 8.02. The smallest absolute Gasteiger partial charge is 0.253 e. The second-order valence-electron chi connectivity index (χ2n) is 15.5. The number of para-hydroxylation sites is 2. The van der Waals surface area contributed by atoms with Gasteiger partial charge in [0, 0.05) is 85.4 Å². The number of amides is 2. The Bertz CT molecular complexity index is 2880. The van der Waals surface area contributed by atoms with Crippen LogP contribution in [0.4, 0.5) is 10.2 Å². The highest BCUT2D eigenvalue weighted by Crippen LogP contribution is 2.33. The SMILES string of the molecule is CS(=O)(=O)C1CCC1.Cc1nc2cccc(-c3cc4c([nH]3)CCNC4=O)c2nc1F.Cc1nc2cccc(-c3cc4c([nH]3)CCNC4=O)c2nc1N1CC(S(C)(=O)=O)C1. The van der Waals surface area contributed by atoms with Gasteiger partial charge in [-0.3, -0.25) is 9.59 Å². The first-order chi connectivity index (χ1) is 28.0. The maximum Gasteiger partial charge on any atom is 0.253 e. The van der Waals surface area contributed by atoms with Crippen molar-refractivity contribution in [1.29, 1.82) is 0 Å². The first-order valence-electron chi connectivity index (χ1n) is 19.4. The van der Waals surface area contributed by atoms with E-state index in [0.717, 1.165) is 82.7 Å². The second kappa shape index (κ2) is 15.4. The molecule has 1 aliphatic carbocycles. The van der Waals surface area contributed by atoms with Crippen LogP contribution in [-0.4, -0.2) is 108 Å². The van der Waals surface area contributed by atoms with Crippen LogP contribution < -0.4 is 15.5 Å². The fraction of sp³-hybridized carbons (Fsp3) is 0.366. The minimum Gasteiger partial charge on any atom is -0.358 e. The first kappa shape index (κ1) is 40.0. The number of fused-ring (bicyclic) bond motifs is 4. The number of halogens is 1. The summed E-state index contributed by atoms with van der Waals surface area (Å²) in [4.78, 5) is 50.4. The van der Waals surface area contributed by atoms with E-state index in [1.807, 2.05) is 48.2 Å². The number of nitrogens with one attached hydrogen (secondary N) is 4. The van der Waals surface area contributed by atoms with Crippen molar-refractivity contribution < 1.29 is 30.8 Å². The lowest BCUT2D eigenvalue weighted by molar-refractivity contribution is 0.0937. The Hall–Kier alpha value is -5.75. The molecule has 3 aliphatic heterocycles. The van der Waals surface area contributed by atoms with E-state index in [1.54, 1.807) is 19.1 Å². The number of sulfone groups is 2. The highest BCUT2D eigenvalue weighted by Gasteiger charge is 2.36. The van der Waals surface area contributed by atoms with Gasteiger partial charge < -0.3 is 25.5 Å². The van der Waals surface area contributed by atoms with Gasteiger partial charge in [-0.25, -0.2) is 36.8 Å². The number of nitrogens with zero attached hydrogens (tertiary/aromatic N) is 5. The number of aryl methyl sites for hydroxylation is 2. The zero-order valence-corrected chi connectivity index (χ0v) is 34.7. The monoisotopic (exact) mass is 841 g/mol. The molecule has 0 atom stereocenters. The summed E-state index contributed by atoms with van der Waals surface area (Å²) >= 11 is 0. The molecule has 1 saturated carbocycles. The van der Waals surface area contributed by atoms with Crippen molar-refractivity contribution in [1.82, 2.24) is 40.5 Å². The molecular weight excluding hydrogens is 798 g/mol. The van der Waals surface area contributed by atoms with E-state index in [4.69, 9.17) is 9.97 Å². The number of carbonyl (C=O) groups is 2. The average molecular weight is 842 g/mol. The Morgan fingerprint density at radius 1 is 0.661 bits per heavy atom. The third-order valence-electron chi connectivity index (χ3n) is 11.3. The van der Waals surface area contributed by atoms with Crippen LogP contribution in [0.3, 0.4) is 0 Å². The highest BCUT2D eigenvalue weighted by atomic mass is 32.2. The number of hydrogen-bond acceptors (Lipinski definition) is 11. The lowest BCUT2D eigenvalue weighted by atomic mass is 10.0. The molecule has 4 N–H and O–H groups in total. The van der Waals surface area contributed by atoms with Crippen LogP contribution in [-0.2, 0) is 32.5 Å². The molecule has 4 aromatic heterocycles. The van der Waals surface area contributed by atoms with Gasteiger partial charge in [-0.2, -0.15) is 4.39 Å². The van der Waals surface area contributed by atoms with Gasteiger partial charge in [0.2, 0.25) is 5.95 Å². The number of hydrogen-bond donors (Lipinski definition) is 4. The van der Waals surface area contributed by atoms with Crippen LogP contribution in [0.5, 0.6) is 0 Å². The Kier molecular flexibility index (Phi) is 10.5. The number of rotatable bonds is 5. The fourth-order valence-corrected chi connectivity index (χ4v) is 9.68. The normalized spacial score (nSPS) is 16.7. The van der Waals surface area contributed by atoms with Gasteiger partial charge in [-0.05, 0) is 51.0 Å². The van der Waals surface area contributed by atoms with Crippen molar-refractivity contribution in [3.8, 4) is 22.5 Å². The van der Waals surface area contributed by atoms with E-state index >= 15 is 0 Å². The predicted octanol–water partition coefficient (Wildman–Crippen LogP) is 4.39. The molecule has 0 spiro atoms. The molecule has 308 valence electrons. The quantitative estimate of drug-likeness (QED) is 0.191. The van der Waals surface area contributed by atoms with E-state index in [0.29, 0.717) is 54.2 Å². The molecule has 0 unspecified atom stereocenters. The summed E-state index contributed by atoms with van der Waals surface area (Å²) in [6.45, 7) is 5.58. The molecule has 15 nitrogen and oxygen atoms in total. The number of aromatic nitrogens is 6. The molecule has 0 bridgehead atoms. The van der Waals surface area contributed by atoms with Crippen LogP contribution in [0.15, 0.2) is 48.5 Å². The van der Waals surface area contributed by atoms with Crippen molar-refractivity contribution in [2.24, 2.45) is 0 Å². The van der Waals surface area contributed by atoms with Gasteiger partial charge in [0.1, 0.15) is 20.9 Å². The third-order valence-corrected chi connectivity index (χ3v) is 14.4. The average Bonchev–Trinajstić information content (AvgIpc) is 3.76. The molecular formula is C41H44FN9O6S2. The van der Waals surface area contributed by atoms with E-state index in [1.165, 1.54) is 12.5 Å². The molecule has 2 aromatic carbocycles. The highest BCUT2D eigenvalue weighted by molar-refractivity contribution is 7.91. The Morgan fingerprint density at radius 3 is 1.59 bits per heavy atom. The molecule has 0 radical (unpaired) electrons. The van der Waals surface area contributed by atoms with Crippen molar-refractivity contribution in [3.05, 3.63) is 88.4 Å². The lowest BCUT2D eigenvalue weighted by Gasteiger charge is -2.39. The number of carbonyl (C=O) groups excluding carboxylic acids is 2. The molecule has 2 amide bonds. The zero-order valence-electron chi connectivity index (χ0n) is 33.0. The van der Waals surface area contributed by atoms with E-state index in [2.05, 4.69) is 30.6 Å². The summed E-state index contributed by atoms with van der Waals surface area (Å²) in [6, 6.07) is 14.9. The van der Waals surface area contributed by atoms with Crippen LogP contribution >= 0.6 is 0 Å². The summed E-state index contributed by atoms with van der Waals surface area (Å²) in [7, 11) is -5.72. The largest absolute Gasteiger partial charge is 0.358 e. The van der Waals surface area contributed by atoms with Gasteiger partial charge in [0.05, 0.1) is 44.0 Å². The van der Waals surface area contributed by atoms with Crippen LogP contribution in [0.25, 0.3) is 44.6 Å². The number of benzene rings is 2. The van der Waals surface area contributed by atoms with Crippen molar-refractivity contribution in [2.75, 3.05) is 43.6 Å². The molecule has 18 heteroatoms. The van der Waals surface area contributed by atoms with Crippen LogP contribution in [0.1, 0.15) is 62.8 Å². The topological polar surface area (TPSA) is 213 Å². The Balaban J connectivity index is 0.000000142. The van der Waals surface area contributed by atoms with E-state index in [9.17, 15) is 30.8 Å². The Morgan fingerprint density at radius 2 is 1.15 bits per heavy atom.